The molecule has 1 aromatic heterocycles. The zero-order valence-electron chi connectivity index (χ0n) is 16.1. The molecular formula is C20H23FN6O2. The molecule has 0 saturated carbocycles. The fraction of sp³-hybridized carbons (Fsp3) is 0.400. The highest BCUT2D eigenvalue weighted by Crippen LogP contribution is 2.34. The van der Waals surface area contributed by atoms with Gasteiger partial charge in [0, 0.05) is 31.3 Å². The lowest BCUT2D eigenvalue weighted by molar-refractivity contribution is -0.126. The Balaban J connectivity index is 1.53. The summed E-state index contributed by atoms with van der Waals surface area (Å²) < 4.78 is 13.3. The predicted octanol–water partition coefficient (Wildman–Crippen LogP) is 1.54. The number of urea groups is 1. The molecule has 9 heteroatoms. The summed E-state index contributed by atoms with van der Waals surface area (Å²) in [6.07, 6.45) is 3.35. The zero-order chi connectivity index (χ0) is 20.6. The largest absolute Gasteiger partial charge is 0.383 e. The quantitative estimate of drug-likeness (QED) is 0.674. The van der Waals surface area contributed by atoms with Gasteiger partial charge in [0.1, 0.15) is 17.2 Å². The molecule has 2 aromatic rings. The van der Waals surface area contributed by atoms with E-state index < -0.39 is 11.6 Å². The number of benzene rings is 1. The monoisotopic (exact) mass is 398 g/mol. The van der Waals surface area contributed by atoms with Gasteiger partial charge in [-0.05, 0) is 43.4 Å². The molecule has 0 bridgehead atoms. The second kappa shape index (κ2) is 7.31. The van der Waals surface area contributed by atoms with Gasteiger partial charge in [0.05, 0.1) is 0 Å². The van der Waals surface area contributed by atoms with Crippen LogP contribution < -0.4 is 21.3 Å². The average molecular weight is 398 g/mol. The summed E-state index contributed by atoms with van der Waals surface area (Å²) in [5, 5.41) is 5.23. The van der Waals surface area contributed by atoms with Gasteiger partial charge in [0.2, 0.25) is 5.95 Å². The molecule has 1 atom stereocenters. The molecule has 8 nitrogen and oxygen atoms in total. The summed E-state index contributed by atoms with van der Waals surface area (Å²) in [6, 6.07) is 5.52. The molecule has 1 unspecified atom stereocenters. The number of hydrogen-bond donors (Lipinski definition) is 3. The fourth-order valence-electron chi connectivity index (χ4n) is 4.16. The number of nitrogens with two attached hydrogens (primary N) is 1. The van der Waals surface area contributed by atoms with E-state index in [2.05, 4.69) is 20.6 Å². The van der Waals surface area contributed by atoms with Crippen molar-refractivity contribution in [3.8, 4) is 0 Å². The molecule has 2 aliphatic heterocycles. The topological polar surface area (TPSA) is 113 Å². The van der Waals surface area contributed by atoms with Crippen LogP contribution in [-0.2, 0) is 11.2 Å². The van der Waals surface area contributed by atoms with E-state index in [1.165, 1.54) is 12.1 Å². The number of hydrogen-bond acceptors (Lipinski definition) is 6. The minimum Gasteiger partial charge on any atom is -0.383 e. The van der Waals surface area contributed by atoms with Crippen molar-refractivity contribution in [3.63, 3.8) is 0 Å². The second-order valence-electron chi connectivity index (χ2n) is 7.68. The number of aryl methyl sites for hydroxylation is 1. The molecule has 0 spiro atoms. The lowest BCUT2D eigenvalue weighted by atomic mass is 9.74. The maximum atomic E-state index is 13.3. The number of aromatic nitrogens is 2. The molecule has 152 valence electrons. The van der Waals surface area contributed by atoms with E-state index in [1.807, 2.05) is 11.8 Å². The third kappa shape index (κ3) is 3.59. The molecule has 2 aliphatic rings. The van der Waals surface area contributed by atoms with Gasteiger partial charge < -0.3 is 16.0 Å². The number of imide groups is 1. The Labute approximate surface area is 167 Å². The molecule has 3 amide bonds. The average Bonchev–Trinajstić information content (AvgIpc) is 3.00. The number of nitrogens with zero attached hydrogens (tertiary/aromatic N) is 3. The van der Waals surface area contributed by atoms with Crippen molar-refractivity contribution < 1.29 is 14.0 Å². The van der Waals surface area contributed by atoms with E-state index in [9.17, 15) is 14.0 Å². The summed E-state index contributed by atoms with van der Waals surface area (Å²) in [7, 11) is 0. The van der Waals surface area contributed by atoms with Gasteiger partial charge in [-0.2, -0.15) is 4.98 Å². The van der Waals surface area contributed by atoms with Crippen LogP contribution in [0.2, 0.25) is 0 Å². The van der Waals surface area contributed by atoms with Gasteiger partial charge in [0.25, 0.3) is 5.91 Å². The van der Waals surface area contributed by atoms with Gasteiger partial charge in [-0.25, -0.2) is 14.2 Å². The van der Waals surface area contributed by atoms with Crippen LogP contribution in [0.5, 0.6) is 0 Å². The SMILES string of the molecule is Cc1cnc(N2CCC(C3(Cc4ccc(F)cc4)NC(=O)NC3=O)CC2)nc1N. The maximum Gasteiger partial charge on any atom is 0.322 e. The van der Waals surface area contributed by atoms with Crippen LogP contribution in [0.3, 0.4) is 0 Å². The summed E-state index contributed by atoms with van der Waals surface area (Å²) in [4.78, 5) is 35.5. The third-order valence-corrected chi connectivity index (χ3v) is 5.84. The minimum absolute atomic E-state index is 0.0713. The Morgan fingerprint density at radius 3 is 2.52 bits per heavy atom. The van der Waals surface area contributed by atoms with Gasteiger partial charge in [-0.1, -0.05) is 12.1 Å². The van der Waals surface area contributed by atoms with Crippen molar-refractivity contribution in [2.75, 3.05) is 23.7 Å². The number of carbonyl (C=O) groups excluding carboxylic acids is 2. The number of nitrogens with one attached hydrogen (secondary N) is 2. The van der Waals surface area contributed by atoms with Crippen LogP contribution in [0, 0.1) is 18.7 Å². The molecule has 2 fully saturated rings. The normalized spacial score (nSPS) is 22.5. The Kier molecular flexibility index (Phi) is 4.81. The number of halogens is 1. The molecule has 3 heterocycles. The first-order valence-electron chi connectivity index (χ1n) is 9.59. The Bertz CT molecular complexity index is 942. The van der Waals surface area contributed by atoms with Gasteiger partial charge in [0.15, 0.2) is 0 Å². The lowest BCUT2D eigenvalue weighted by Crippen LogP contribution is -2.57. The van der Waals surface area contributed by atoms with Crippen LogP contribution in [0.1, 0.15) is 24.0 Å². The van der Waals surface area contributed by atoms with Crippen LogP contribution in [0.4, 0.5) is 21.0 Å². The minimum atomic E-state index is -1.05. The zero-order valence-corrected chi connectivity index (χ0v) is 16.1. The maximum absolute atomic E-state index is 13.3. The molecule has 2 saturated heterocycles. The summed E-state index contributed by atoms with van der Waals surface area (Å²) >= 11 is 0. The molecule has 0 radical (unpaired) electrons. The van der Waals surface area contributed by atoms with Crippen LogP contribution in [-0.4, -0.2) is 40.5 Å². The van der Waals surface area contributed by atoms with Crippen LogP contribution in [0.15, 0.2) is 30.5 Å². The Hall–Kier alpha value is -3.23. The van der Waals surface area contributed by atoms with E-state index in [1.54, 1.807) is 18.3 Å². The molecular weight excluding hydrogens is 375 g/mol. The van der Waals surface area contributed by atoms with E-state index in [4.69, 9.17) is 5.73 Å². The van der Waals surface area contributed by atoms with E-state index >= 15 is 0 Å². The van der Waals surface area contributed by atoms with Gasteiger partial charge >= 0.3 is 6.03 Å². The van der Waals surface area contributed by atoms with E-state index in [0.717, 1.165) is 11.1 Å². The van der Waals surface area contributed by atoms with Crippen LogP contribution >= 0.6 is 0 Å². The summed E-state index contributed by atoms with van der Waals surface area (Å²) in [5.74, 6) is 0.277. The molecule has 4 rings (SSSR count). The predicted molar refractivity (Wildman–Crippen MR) is 106 cm³/mol. The highest BCUT2D eigenvalue weighted by atomic mass is 19.1. The van der Waals surface area contributed by atoms with Crippen molar-refractivity contribution in [2.24, 2.45) is 5.92 Å². The number of rotatable bonds is 4. The van der Waals surface area contributed by atoms with Crippen molar-refractivity contribution in [3.05, 3.63) is 47.4 Å². The summed E-state index contributed by atoms with van der Waals surface area (Å²) in [6.45, 7) is 3.13. The number of nitrogen functional groups attached to an aromatic ring is 1. The molecule has 1 aromatic carbocycles. The highest BCUT2D eigenvalue weighted by molar-refractivity contribution is 6.07. The number of piperidine rings is 1. The molecule has 4 N–H and O–H groups in total. The second-order valence-corrected chi connectivity index (χ2v) is 7.68. The first-order chi connectivity index (χ1) is 13.9. The van der Waals surface area contributed by atoms with E-state index in [-0.39, 0.29) is 17.6 Å². The molecule has 29 heavy (non-hydrogen) atoms. The Morgan fingerprint density at radius 2 is 1.93 bits per heavy atom. The summed E-state index contributed by atoms with van der Waals surface area (Å²) in [5.41, 5.74) is 6.47. The first-order valence-corrected chi connectivity index (χ1v) is 9.59. The number of anilines is 2. The number of amides is 3. The van der Waals surface area contributed by atoms with Crippen molar-refractivity contribution >= 4 is 23.7 Å². The molecule has 0 aliphatic carbocycles. The van der Waals surface area contributed by atoms with Gasteiger partial charge in [-0.3, -0.25) is 10.1 Å². The van der Waals surface area contributed by atoms with Gasteiger partial charge in [-0.15, -0.1) is 0 Å². The highest BCUT2D eigenvalue weighted by Gasteiger charge is 2.52. The van der Waals surface area contributed by atoms with Crippen molar-refractivity contribution in [1.29, 1.82) is 0 Å². The lowest BCUT2D eigenvalue weighted by Gasteiger charge is -2.40. The smallest absolute Gasteiger partial charge is 0.322 e. The number of carbonyl (C=O) groups is 2. The first kappa shape index (κ1) is 19.1. The third-order valence-electron chi connectivity index (χ3n) is 5.84. The standard InChI is InChI=1S/C20H23FN6O2/c1-12-11-23-18(24-16(12)22)27-8-6-14(7-9-27)20(17(28)25-19(29)26-20)10-13-2-4-15(21)5-3-13/h2-5,11,14H,6-10H2,1H3,(H2,22,23,24)(H2,25,26,28,29). The Morgan fingerprint density at radius 1 is 1.24 bits per heavy atom. The van der Waals surface area contributed by atoms with Crippen molar-refractivity contribution in [2.45, 2.75) is 31.7 Å². The van der Waals surface area contributed by atoms with Crippen LogP contribution in [0.25, 0.3) is 0 Å². The van der Waals surface area contributed by atoms with Crippen molar-refractivity contribution in [1.82, 2.24) is 20.6 Å². The van der Waals surface area contributed by atoms with E-state index in [0.29, 0.717) is 44.1 Å². The fourth-order valence-corrected chi connectivity index (χ4v) is 4.16.